The predicted molar refractivity (Wildman–Crippen MR) is 55.0 cm³/mol. The Morgan fingerprint density at radius 2 is 2.08 bits per heavy atom. The Bertz CT molecular complexity index is 167. The van der Waals surface area contributed by atoms with Gasteiger partial charge in [0, 0.05) is 32.6 Å². The van der Waals surface area contributed by atoms with Gasteiger partial charge < -0.3 is 9.64 Å². The SMILES string of the molecule is CN(C)C(=O)CSC1CCOCC1. The lowest BCUT2D eigenvalue weighted by Gasteiger charge is -2.21. The molecule has 0 N–H and O–H groups in total. The van der Waals surface area contributed by atoms with Gasteiger partial charge in [0.25, 0.3) is 0 Å². The van der Waals surface area contributed by atoms with Crippen LogP contribution in [0.1, 0.15) is 12.8 Å². The molecule has 13 heavy (non-hydrogen) atoms. The zero-order chi connectivity index (χ0) is 9.68. The number of amides is 1. The number of rotatable bonds is 3. The molecule has 0 aromatic heterocycles. The number of carbonyl (C=O) groups is 1. The molecule has 1 aliphatic heterocycles. The molecule has 76 valence electrons. The normalized spacial score (nSPS) is 18.6. The minimum absolute atomic E-state index is 0.205. The van der Waals surface area contributed by atoms with E-state index in [2.05, 4.69) is 0 Å². The zero-order valence-electron chi connectivity index (χ0n) is 8.28. The standard InChI is InChI=1S/C9H17NO2S/c1-10(2)9(11)7-13-8-3-5-12-6-4-8/h8H,3-7H2,1-2H3. The quantitative estimate of drug-likeness (QED) is 0.685. The number of nitrogens with zero attached hydrogens (tertiary/aromatic N) is 1. The molecule has 1 aliphatic rings. The summed E-state index contributed by atoms with van der Waals surface area (Å²) in [5.41, 5.74) is 0. The Hall–Kier alpha value is -0.220. The van der Waals surface area contributed by atoms with Crippen molar-refractivity contribution in [2.75, 3.05) is 33.1 Å². The highest BCUT2D eigenvalue weighted by Crippen LogP contribution is 2.21. The molecule has 0 aromatic rings. The molecular weight excluding hydrogens is 186 g/mol. The first-order valence-corrected chi connectivity index (χ1v) is 5.64. The predicted octanol–water partition coefficient (Wildman–Crippen LogP) is 0.987. The summed E-state index contributed by atoms with van der Waals surface area (Å²) < 4.78 is 5.25. The van der Waals surface area contributed by atoms with Gasteiger partial charge in [0.15, 0.2) is 0 Å². The van der Waals surface area contributed by atoms with Crippen LogP contribution in [0.3, 0.4) is 0 Å². The molecule has 0 aromatic carbocycles. The maximum atomic E-state index is 11.3. The first-order valence-electron chi connectivity index (χ1n) is 4.59. The molecule has 0 saturated carbocycles. The third kappa shape index (κ3) is 4.00. The first-order chi connectivity index (χ1) is 6.20. The van der Waals surface area contributed by atoms with Crippen LogP contribution in [0.4, 0.5) is 0 Å². The van der Waals surface area contributed by atoms with Crippen molar-refractivity contribution in [3.63, 3.8) is 0 Å². The second-order valence-electron chi connectivity index (χ2n) is 3.41. The van der Waals surface area contributed by atoms with E-state index in [0.717, 1.165) is 26.1 Å². The molecule has 1 heterocycles. The highest BCUT2D eigenvalue weighted by atomic mass is 32.2. The van der Waals surface area contributed by atoms with Gasteiger partial charge in [-0.3, -0.25) is 4.79 Å². The van der Waals surface area contributed by atoms with Gasteiger partial charge in [-0.2, -0.15) is 0 Å². The average molecular weight is 203 g/mol. The summed E-state index contributed by atoms with van der Waals surface area (Å²) in [5.74, 6) is 0.814. The third-order valence-corrected chi connectivity index (χ3v) is 3.47. The van der Waals surface area contributed by atoms with Crippen LogP contribution in [0.25, 0.3) is 0 Å². The van der Waals surface area contributed by atoms with E-state index in [1.807, 2.05) is 0 Å². The van der Waals surface area contributed by atoms with E-state index in [9.17, 15) is 4.79 Å². The minimum Gasteiger partial charge on any atom is -0.381 e. The number of carbonyl (C=O) groups excluding carboxylic acids is 1. The summed E-state index contributed by atoms with van der Waals surface area (Å²) >= 11 is 1.76. The van der Waals surface area contributed by atoms with Crippen molar-refractivity contribution in [2.24, 2.45) is 0 Å². The van der Waals surface area contributed by atoms with E-state index < -0.39 is 0 Å². The molecular formula is C9H17NO2S. The van der Waals surface area contributed by atoms with Crippen molar-refractivity contribution >= 4 is 17.7 Å². The zero-order valence-corrected chi connectivity index (χ0v) is 9.10. The Kier molecular flexibility index (Phi) is 4.59. The maximum Gasteiger partial charge on any atom is 0.232 e. The van der Waals surface area contributed by atoms with Crippen LogP contribution < -0.4 is 0 Å². The van der Waals surface area contributed by atoms with Crippen molar-refractivity contribution in [1.29, 1.82) is 0 Å². The lowest BCUT2D eigenvalue weighted by molar-refractivity contribution is -0.125. The van der Waals surface area contributed by atoms with Gasteiger partial charge in [0.1, 0.15) is 0 Å². The summed E-state index contributed by atoms with van der Waals surface area (Å²) in [5, 5.41) is 0.623. The van der Waals surface area contributed by atoms with E-state index >= 15 is 0 Å². The smallest absolute Gasteiger partial charge is 0.232 e. The van der Waals surface area contributed by atoms with Gasteiger partial charge >= 0.3 is 0 Å². The molecule has 4 heteroatoms. The van der Waals surface area contributed by atoms with Crippen molar-refractivity contribution in [1.82, 2.24) is 4.90 Å². The van der Waals surface area contributed by atoms with Crippen LogP contribution in [-0.4, -0.2) is 49.1 Å². The Balaban J connectivity index is 2.13. The Morgan fingerprint density at radius 1 is 1.46 bits per heavy atom. The average Bonchev–Trinajstić information content (AvgIpc) is 2.15. The van der Waals surface area contributed by atoms with Gasteiger partial charge in [0.05, 0.1) is 5.75 Å². The first kappa shape index (κ1) is 10.9. The van der Waals surface area contributed by atoms with Gasteiger partial charge in [0.2, 0.25) is 5.91 Å². The van der Waals surface area contributed by atoms with Crippen LogP contribution in [0, 0.1) is 0 Å². The number of hydrogen-bond donors (Lipinski definition) is 0. The largest absolute Gasteiger partial charge is 0.381 e. The van der Waals surface area contributed by atoms with Crippen molar-refractivity contribution in [2.45, 2.75) is 18.1 Å². The fourth-order valence-corrected chi connectivity index (χ4v) is 2.32. The number of hydrogen-bond acceptors (Lipinski definition) is 3. The lowest BCUT2D eigenvalue weighted by Crippen LogP contribution is -2.26. The van der Waals surface area contributed by atoms with Crippen molar-refractivity contribution in [3.8, 4) is 0 Å². The molecule has 0 bridgehead atoms. The van der Waals surface area contributed by atoms with E-state index in [4.69, 9.17) is 4.74 Å². The Labute approximate surface area is 83.8 Å². The van der Waals surface area contributed by atoms with Gasteiger partial charge in [-0.15, -0.1) is 11.8 Å². The van der Waals surface area contributed by atoms with Crippen LogP contribution in [0.2, 0.25) is 0 Å². The second kappa shape index (κ2) is 5.50. The molecule has 3 nitrogen and oxygen atoms in total. The maximum absolute atomic E-state index is 11.3. The minimum atomic E-state index is 0.205. The molecule has 1 amide bonds. The van der Waals surface area contributed by atoms with Gasteiger partial charge in [-0.25, -0.2) is 0 Å². The molecule has 0 unspecified atom stereocenters. The fraction of sp³-hybridized carbons (Fsp3) is 0.889. The van der Waals surface area contributed by atoms with E-state index in [-0.39, 0.29) is 5.91 Å². The highest BCUT2D eigenvalue weighted by Gasteiger charge is 2.15. The summed E-state index contributed by atoms with van der Waals surface area (Å²) in [4.78, 5) is 12.9. The fourth-order valence-electron chi connectivity index (χ4n) is 1.16. The summed E-state index contributed by atoms with van der Waals surface area (Å²) in [6.45, 7) is 1.71. The monoisotopic (exact) mass is 203 g/mol. The molecule has 0 atom stereocenters. The number of thioether (sulfide) groups is 1. The number of ether oxygens (including phenoxy) is 1. The van der Waals surface area contributed by atoms with Gasteiger partial charge in [-0.1, -0.05) is 0 Å². The van der Waals surface area contributed by atoms with Crippen LogP contribution in [0.5, 0.6) is 0 Å². The molecule has 1 rings (SSSR count). The highest BCUT2D eigenvalue weighted by molar-refractivity contribution is 8.00. The van der Waals surface area contributed by atoms with Gasteiger partial charge in [-0.05, 0) is 12.8 Å². The van der Waals surface area contributed by atoms with E-state index in [1.165, 1.54) is 0 Å². The van der Waals surface area contributed by atoms with Crippen LogP contribution >= 0.6 is 11.8 Å². The lowest BCUT2D eigenvalue weighted by atomic mass is 10.2. The molecule has 1 saturated heterocycles. The summed E-state index contributed by atoms with van der Waals surface area (Å²) in [6.07, 6.45) is 2.18. The molecule has 1 fully saturated rings. The topological polar surface area (TPSA) is 29.5 Å². The molecule has 0 spiro atoms. The summed E-state index contributed by atoms with van der Waals surface area (Å²) in [6, 6.07) is 0. The molecule has 0 radical (unpaired) electrons. The van der Waals surface area contributed by atoms with Crippen molar-refractivity contribution < 1.29 is 9.53 Å². The Morgan fingerprint density at radius 3 is 2.62 bits per heavy atom. The van der Waals surface area contributed by atoms with E-state index in [0.29, 0.717) is 11.0 Å². The summed E-state index contributed by atoms with van der Waals surface area (Å²) in [7, 11) is 3.60. The molecule has 0 aliphatic carbocycles. The van der Waals surface area contributed by atoms with Crippen molar-refractivity contribution in [3.05, 3.63) is 0 Å². The second-order valence-corrected chi connectivity index (χ2v) is 4.70. The van der Waals surface area contributed by atoms with E-state index in [1.54, 1.807) is 30.8 Å². The van der Waals surface area contributed by atoms with Crippen LogP contribution in [0.15, 0.2) is 0 Å². The van der Waals surface area contributed by atoms with Crippen LogP contribution in [-0.2, 0) is 9.53 Å². The third-order valence-electron chi connectivity index (χ3n) is 2.11.